The van der Waals surface area contributed by atoms with Gasteiger partial charge < -0.3 is 9.67 Å². The summed E-state index contributed by atoms with van der Waals surface area (Å²) in [6.45, 7) is 1.98. The van der Waals surface area contributed by atoms with Crippen molar-refractivity contribution in [1.29, 1.82) is 0 Å². The predicted molar refractivity (Wildman–Crippen MR) is 79.1 cm³/mol. The molecule has 0 spiro atoms. The van der Waals surface area contributed by atoms with Crippen LogP contribution in [-0.2, 0) is 6.54 Å². The van der Waals surface area contributed by atoms with Crippen molar-refractivity contribution < 1.29 is 14.3 Å². The number of hydrogen-bond donors (Lipinski definition) is 1. The van der Waals surface area contributed by atoms with E-state index in [9.17, 15) is 14.3 Å². The van der Waals surface area contributed by atoms with Crippen LogP contribution in [-0.4, -0.2) is 15.6 Å². The van der Waals surface area contributed by atoms with Gasteiger partial charge in [0.05, 0.1) is 6.54 Å². The molecule has 0 fully saturated rings. The first-order valence-electron chi connectivity index (χ1n) is 6.64. The minimum Gasteiger partial charge on any atom is -0.477 e. The van der Waals surface area contributed by atoms with Crippen LogP contribution in [0.4, 0.5) is 4.39 Å². The third-order valence-corrected chi connectivity index (χ3v) is 3.71. The lowest BCUT2D eigenvalue weighted by molar-refractivity contribution is 0.0685. The lowest BCUT2D eigenvalue weighted by atomic mass is 10.1. The Balaban J connectivity index is 2.24. The van der Waals surface area contributed by atoms with E-state index < -0.39 is 5.97 Å². The van der Waals surface area contributed by atoms with Crippen LogP contribution < -0.4 is 0 Å². The van der Waals surface area contributed by atoms with Crippen LogP contribution in [0.5, 0.6) is 0 Å². The molecular formula is C17H14FNO2. The van der Waals surface area contributed by atoms with E-state index in [-0.39, 0.29) is 18.1 Å². The molecule has 0 aliphatic carbocycles. The Bertz CT molecular complexity index is 836. The van der Waals surface area contributed by atoms with E-state index in [1.165, 1.54) is 6.07 Å². The van der Waals surface area contributed by atoms with Gasteiger partial charge in [0, 0.05) is 16.5 Å². The Kier molecular flexibility index (Phi) is 3.22. The van der Waals surface area contributed by atoms with Gasteiger partial charge in [0.15, 0.2) is 0 Å². The molecule has 0 amide bonds. The molecule has 1 aromatic heterocycles. The maximum atomic E-state index is 13.9. The smallest absolute Gasteiger partial charge is 0.352 e. The van der Waals surface area contributed by atoms with Crippen LogP contribution in [0.15, 0.2) is 48.5 Å². The summed E-state index contributed by atoms with van der Waals surface area (Å²) >= 11 is 0. The van der Waals surface area contributed by atoms with Crippen LogP contribution >= 0.6 is 0 Å². The average Bonchev–Trinajstić information content (AvgIpc) is 2.75. The van der Waals surface area contributed by atoms with Crippen molar-refractivity contribution >= 4 is 16.9 Å². The Morgan fingerprint density at radius 1 is 1.14 bits per heavy atom. The number of para-hydroxylation sites is 1. The van der Waals surface area contributed by atoms with E-state index in [2.05, 4.69) is 0 Å². The van der Waals surface area contributed by atoms with Gasteiger partial charge in [-0.3, -0.25) is 0 Å². The maximum absolute atomic E-state index is 13.9. The summed E-state index contributed by atoms with van der Waals surface area (Å²) in [7, 11) is 0. The molecule has 0 aliphatic heterocycles. The van der Waals surface area contributed by atoms with Gasteiger partial charge in [-0.1, -0.05) is 36.4 Å². The molecule has 2 aromatic carbocycles. The zero-order valence-corrected chi connectivity index (χ0v) is 11.5. The highest BCUT2D eigenvalue weighted by Crippen LogP contribution is 2.27. The molecule has 0 bridgehead atoms. The van der Waals surface area contributed by atoms with E-state index in [4.69, 9.17) is 0 Å². The first-order valence-corrected chi connectivity index (χ1v) is 6.64. The number of fused-ring (bicyclic) bond motifs is 1. The topological polar surface area (TPSA) is 42.2 Å². The number of carbonyl (C=O) groups is 1. The number of benzene rings is 2. The Labute approximate surface area is 121 Å². The number of hydrogen-bond acceptors (Lipinski definition) is 1. The number of aromatic carboxylic acids is 1. The molecule has 1 heterocycles. The molecule has 0 saturated carbocycles. The quantitative estimate of drug-likeness (QED) is 0.793. The van der Waals surface area contributed by atoms with E-state index in [1.54, 1.807) is 29.7 Å². The highest BCUT2D eigenvalue weighted by atomic mass is 19.1. The average molecular weight is 283 g/mol. The van der Waals surface area contributed by atoms with E-state index in [1.807, 2.05) is 24.3 Å². The second-order valence-corrected chi connectivity index (χ2v) is 4.97. The normalized spacial score (nSPS) is 11.0. The number of aryl methyl sites for hydroxylation is 1. The fourth-order valence-electron chi connectivity index (χ4n) is 2.71. The monoisotopic (exact) mass is 283 g/mol. The van der Waals surface area contributed by atoms with Gasteiger partial charge in [0.2, 0.25) is 0 Å². The summed E-state index contributed by atoms with van der Waals surface area (Å²) in [5, 5.41) is 10.4. The fourth-order valence-corrected chi connectivity index (χ4v) is 2.71. The Morgan fingerprint density at radius 2 is 1.81 bits per heavy atom. The summed E-state index contributed by atoms with van der Waals surface area (Å²) in [4.78, 5) is 11.6. The van der Waals surface area contributed by atoms with Crippen LogP contribution in [0.1, 0.15) is 21.6 Å². The lowest BCUT2D eigenvalue weighted by Gasteiger charge is -2.09. The SMILES string of the molecule is Cc1c(C(=O)O)n(Cc2ccccc2F)c2ccccc12. The van der Waals surface area contributed by atoms with Gasteiger partial charge in [0.1, 0.15) is 11.5 Å². The molecular weight excluding hydrogens is 269 g/mol. The molecule has 3 nitrogen and oxygen atoms in total. The molecule has 0 aliphatic rings. The maximum Gasteiger partial charge on any atom is 0.352 e. The van der Waals surface area contributed by atoms with Gasteiger partial charge in [0.25, 0.3) is 0 Å². The number of rotatable bonds is 3. The lowest BCUT2D eigenvalue weighted by Crippen LogP contribution is -2.11. The number of aromatic nitrogens is 1. The molecule has 0 radical (unpaired) electrons. The molecule has 3 aromatic rings. The van der Waals surface area contributed by atoms with Crippen molar-refractivity contribution in [1.82, 2.24) is 4.57 Å². The molecule has 4 heteroatoms. The van der Waals surface area contributed by atoms with Gasteiger partial charge in [-0.15, -0.1) is 0 Å². The Hall–Kier alpha value is -2.62. The number of halogens is 1. The molecule has 0 unspecified atom stereocenters. The van der Waals surface area contributed by atoms with Crippen molar-refractivity contribution in [3.63, 3.8) is 0 Å². The van der Waals surface area contributed by atoms with Crippen molar-refractivity contribution in [3.05, 3.63) is 71.2 Å². The number of carboxylic acid groups (broad SMARTS) is 1. The predicted octanol–water partition coefficient (Wildman–Crippen LogP) is 3.84. The minimum absolute atomic E-state index is 0.197. The van der Waals surface area contributed by atoms with E-state index >= 15 is 0 Å². The summed E-state index contributed by atoms with van der Waals surface area (Å²) in [6.07, 6.45) is 0. The van der Waals surface area contributed by atoms with Crippen molar-refractivity contribution in [2.75, 3.05) is 0 Å². The van der Waals surface area contributed by atoms with Crippen molar-refractivity contribution in [2.24, 2.45) is 0 Å². The largest absolute Gasteiger partial charge is 0.477 e. The van der Waals surface area contributed by atoms with E-state index in [0.717, 1.165) is 10.9 Å². The molecule has 0 atom stereocenters. The second-order valence-electron chi connectivity index (χ2n) is 4.97. The molecule has 21 heavy (non-hydrogen) atoms. The molecule has 3 rings (SSSR count). The zero-order valence-electron chi connectivity index (χ0n) is 11.5. The highest BCUT2D eigenvalue weighted by molar-refractivity contribution is 5.98. The minimum atomic E-state index is -1.000. The highest BCUT2D eigenvalue weighted by Gasteiger charge is 2.20. The van der Waals surface area contributed by atoms with Crippen LogP contribution in [0.2, 0.25) is 0 Å². The number of carboxylic acids is 1. The van der Waals surface area contributed by atoms with Gasteiger partial charge in [-0.25, -0.2) is 9.18 Å². The molecule has 106 valence electrons. The zero-order chi connectivity index (χ0) is 15.0. The summed E-state index contributed by atoms with van der Waals surface area (Å²) < 4.78 is 15.5. The van der Waals surface area contributed by atoms with Gasteiger partial charge in [-0.2, -0.15) is 0 Å². The van der Waals surface area contributed by atoms with E-state index in [0.29, 0.717) is 11.1 Å². The second kappa shape index (κ2) is 5.05. The van der Waals surface area contributed by atoms with Crippen LogP contribution in [0.25, 0.3) is 10.9 Å². The molecule has 0 saturated heterocycles. The van der Waals surface area contributed by atoms with Gasteiger partial charge in [-0.05, 0) is 24.6 Å². The first-order chi connectivity index (χ1) is 10.1. The summed E-state index contributed by atoms with van der Waals surface area (Å²) in [5.41, 5.74) is 2.19. The summed E-state index contributed by atoms with van der Waals surface area (Å²) in [5.74, 6) is -1.33. The fraction of sp³-hybridized carbons (Fsp3) is 0.118. The first kappa shape index (κ1) is 13.4. The molecule has 1 N–H and O–H groups in total. The standard InChI is InChI=1S/C17H14FNO2/c1-11-13-7-3-5-9-15(13)19(16(11)17(20)21)10-12-6-2-4-8-14(12)18/h2-9H,10H2,1H3,(H,20,21). The number of nitrogens with zero attached hydrogens (tertiary/aromatic N) is 1. The Morgan fingerprint density at radius 3 is 2.52 bits per heavy atom. The third kappa shape index (κ3) is 2.18. The van der Waals surface area contributed by atoms with Crippen LogP contribution in [0, 0.1) is 12.7 Å². The third-order valence-electron chi connectivity index (χ3n) is 3.71. The summed E-state index contributed by atoms with van der Waals surface area (Å²) in [6, 6.07) is 13.9. The van der Waals surface area contributed by atoms with Gasteiger partial charge >= 0.3 is 5.97 Å². The van der Waals surface area contributed by atoms with Crippen molar-refractivity contribution in [3.8, 4) is 0 Å². The van der Waals surface area contributed by atoms with Crippen LogP contribution in [0.3, 0.4) is 0 Å². The van der Waals surface area contributed by atoms with Crippen molar-refractivity contribution in [2.45, 2.75) is 13.5 Å².